The molecule has 1 aromatic carbocycles. The lowest BCUT2D eigenvalue weighted by Crippen LogP contribution is -2.37. The Bertz CT molecular complexity index is 1040. The zero-order valence-corrected chi connectivity index (χ0v) is 18.2. The van der Waals surface area contributed by atoms with E-state index in [1.54, 1.807) is 30.1 Å². The number of rotatable bonds is 4. The molecule has 1 aliphatic heterocycles. The van der Waals surface area contributed by atoms with Gasteiger partial charge in [0.15, 0.2) is 5.78 Å². The number of pyridine rings is 1. The molecule has 2 atom stereocenters. The van der Waals surface area contributed by atoms with Crippen LogP contribution in [0.2, 0.25) is 0 Å². The average Bonchev–Trinajstić information content (AvgIpc) is 2.73. The van der Waals surface area contributed by atoms with Gasteiger partial charge >= 0.3 is 0 Å². The molecule has 2 unspecified atom stereocenters. The molecule has 2 heterocycles. The van der Waals surface area contributed by atoms with Crippen LogP contribution in [0.15, 0.2) is 76.1 Å². The quantitative estimate of drug-likeness (QED) is 0.706. The summed E-state index contributed by atoms with van der Waals surface area (Å²) >= 11 is 1.67. The van der Waals surface area contributed by atoms with Crippen molar-refractivity contribution in [3.05, 3.63) is 76.8 Å². The van der Waals surface area contributed by atoms with Crippen LogP contribution in [0.4, 0.5) is 5.82 Å². The summed E-state index contributed by atoms with van der Waals surface area (Å²) in [4.78, 5) is 31.8. The van der Waals surface area contributed by atoms with Crippen molar-refractivity contribution in [1.82, 2.24) is 10.3 Å². The summed E-state index contributed by atoms with van der Waals surface area (Å²) in [5, 5.41) is 6.27. The fraction of sp³-hybridized carbons (Fsp3) is 0.292. The van der Waals surface area contributed by atoms with Crippen molar-refractivity contribution in [2.24, 2.45) is 5.92 Å². The fourth-order valence-electron chi connectivity index (χ4n) is 4.28. The Balaban J connectivity index is 1.79. The molecule has 1 amide bonds. The van der Waals surface area contributed by atoms with Crippen LogP contribution < -0.4 is 10.6 Å². The predicted octanol–water partition coefficient (Wildman–Crippen LogP) is 4.66. The maximum atomic E-state index is 13.3. The third kappa shape index (κ3) is 3.92. The molecule has 2 N–H and O–H groups in total. The van der Waals surface area contributed by atoms with Gasteiger partial charge in [0.1, 0.15) is 5.82 Å². The van der Waals surface area contributed by atoms with Crippen LogP contribution in [0.1, 0.15) is 38.2 Å². The highest BCUT2D eigenvalue weighted by Gasteiger charge is 2.39. The first kappa shape index (κ1) is 20.4. The van der Waals surface area contributed by atoms with Crippen LogP contribution in [0.5, 0.6) is 0 Å². The number of nitrogens with one attached hydrogen (secondary N) is 2. The summed E-state index contributed by atoms with van der Waals surface area (Å²) in [5.41, 5.74) is 3.98. The van der Waals surface area contributed by atoms with Crippen LogP contribution in [0.25, 0.3) is 0 Å². The number of thioether (sulfide) groups is 1. The topological polar surface area (TPSA) is 71.1 Å². The van der Waals surface area contributed by atoms with E-state index in [-0.39, 0.29) is 17.6 Å². The second kappa shape index (κ2) is 8.48. The highest BCUT2D eigenvalue weighted by molar-refractivity contribution is 7.98. The van der Waals surface area contributed by atoms with Gasteiger partial charge in [0.2, 0.25) is 0 Å². The lowest BCUT2D eigenvalue weighted by Gasteiger charge is -2.36. The minimum atomic E-state index is -0.388. The van der Waals surface area contributed by atoms with Crippen molar-refractivity contribution in [1.29, 1.82) is 0 Å². The normalized spacial score (nSPS) is 21.2. The molecule has 0 saturated heterocycles. The first-order chi connectivity index (χ1) is 14.5. The lowest BCUT2D eigenvalue weighted by molar-refractivity contribution is -0.117. The molecule has 6 heteroatoms. The summed E-state index contributed by atoms with van der Waals surface area (Å²) in [6.07, 6.45) is 4.99. The van der Waals surface area contributed by atoms with E-state index in [2.05, 4.69) is 22.5 Å². The van der Waals surface area contributed by atoms with Gasteiger partial charge in [-0.25, -0.2) is 4.98 Å². The largest absolute Gasteiger partial charge is 0.362 e. The summed E-state index contributed by atoms with van der Waals surface area (Å²) in [6, 6.07) is 13.5. The maximum absolute atomic E-state index is 13.3. The van der Waals surface area contributed by atoms with E-state index in [0.29, 0.717) is 23.7 Å². The molecule has 0 saturated carbocycles. The van der Waals surface area contributed by atoms with Gasteiger partial charge in [-0.15, -0.1) is 11.8 Å². The third-order valence-electron chi connectivity index (χ3n) is 5.63. The standard InChI is InChI=1S/C24H25N3O2S/c1-14-12-18-23(19(28)13-14)22(16-7-9-17(30-3)10-8-16)21(15(2)26-18)24(29)27-20-6-4-5-11-25-20/h4-11,14,22,26H,12-13H2,1-3H3,(H,25,27,29). The van der Waals surface area contributed by atoms with Gasteiger partial charge in [-0.2, -0.15) is 0 Å². The highest BCUT2D eigenvalue weighted by atomic mass is 32.2. The molecule has 1 aromatic heterocycles. The maximum Gasteiger partial charge on any atom is 0.255 e. The Morgan fingerprint density at radius 1 is 1.17 bits per heavy atom. The third-order valence-corrected chi connectivity index (χ3v) is 6.38. The Kier molecular flexibility index (Phi) is 5.77. The van der Waals surface area contributed by atoms with Crippen molar-refractivity contribution in [2.75, 3.05) is 11.6 Å². The van der Waals surface area contributed by atoms with Gasteiger partial charge in [-0.3, -0.25) is 9.59 Å². The number of allylic oxidation sites excluding steroid dienone is 3. The molecular weight excluding hydrogens is 394 g/mol. The number of hydrogen-bond donors (Lipinski definition) is 2. The SMILES string of the molecule is CSc1ccc(C2C(C(=O)Nc3ccccn3)=C(C)NC3=C2C(=O)CC(C)C3)cc1. The average molecular weight is 420 g/mol. The van der Waals surface area contributed by atoms with Gasteiger partial charge in [0.25, 0.3) is 5.91 Å². The zero-order valence-electron chi connectivity index (χ0n) is 17.4. The van der Waals surface area contributed by atoms with Crippen molar-refractivity contribution in [2.45, 2.75) is 37.5 Å². The van der Waals surface area contributed by atoms with E-state index in [1.807, 2.05) is 43.5 Å². The van der Waals surface area contributed by atoms with Crippen molar-refractivity contribution < 1.29 is 9.59 Å². The number of anilines is 1. The lowest BCUT2D eigenvalue weighted by atomic mass is 9.73. The monoisotopic (exact) mass is 419 g/mol. The number of ketones is 1. The van der Waals surface area contributed by atoms with E-state index in [9.17, 15) is 9.59 Å². The summed E-state index contributed by atoms with van der Waals surface area (Å²) < 4.78 is 0. The number of dihydropyridines is 1. The van der Waals surface area contributed by atoms with Crippen molar-refractivity contribution >= 4 is 29.3 Å². The number of benzene rings is 1. The first-order valence-corrected chi connectivity index (χ1v) is 11.3. The molecular formula is C24H25N3O2S. The highest BCUT2D eigenvalue weighted by Crippen LogP contribution is 2.43. The van der Waals surface area contributed by atoms with Crippen LogP contribution in [-0.4, -0.2) is 22.9 Å². The second-order valence-corrected chi connectivity index (χ2v) is 8.75. The van der Waals surface area contributed by atoms with E-state index < -0.39 is 0 Å². The number of carbonyl (C=O) groups is 2. The summed E-state index contributed by atoms with van der Waals surface area (Å²) in [5.74, 6) is 0.268. The van der Waals surface area contributed by atoms with Crippen LogP contribution in [0.3, 0.4) is 0 Å². The minimum absolute atomic E-state index is 0.117. The molecule has 2 aromatic rings. The first-order valence-electron chi connectivity index (χ1n) is 10.1. The Labute approximate surface area is 181 Å². The Hall–Kier alpha value is -2.86. The summed E-state index contributed by atoms with van der Waals surface area (Å²) in [7, 11) is 0. The Morgan fingerprint density at radius 3 is 2.60 bits per heavy atom. The molecule has 0 fully saturated rings. The van der Waals surface area contributed by atoms with Crippen LogP contribution in [-0.2, 0) is 9.59 Å². The molecule has 4 rings (SSSR count). The number of Topliss-reactive ketones (excluding diaryl/α,β-unsaturated/α-hetero) is 1. The van der Waals surface area contributed by atoms with Crippen LogP contribution in [0, 0.1) is 5.92 Å². The van der Waals surface area contributed by atoms with Gasteiger partial charge in [0.05, 0.1) is 0 Å². The predicted molar refractivity (Wildman–Crippen MR) is 120 cm³/mol. The second-order valence-electron chi connectivity index (χ2n) is 7.87. The number of hydrogen-bond acceptors (Lipinski definition) is 5. The molecule has 154 valence electrons. The number of aromatic nitrogens is 1. The van der Waals surface area contributed by atoms with E-state index in [0.717, 1.165) is 33.8 Å². The molecule has 1 aliphatic carbocycles. The van der Waals surface area contributed by atoms with Gasteiger partial charge in [-0.05, 0) is 55.3 Å². The molecule has 0 radical (unpaired) electrons. The van der Waals surface area contributed by atoms with E-state index in [4.69, 9.17) is 0 Å². The van der Waals surface area contributed by atoms with Gasteiger partial charge in [-0.1, -0.05) is 25.1 Å². The van der Waals surface area contributed by atoms with Gasteiger partial charge in [0, 0.05) is 46.0 Å². The molecule has 0 spiro atoms. The number of nitrogens with zero attached hydrogens (tertiary/aromatic N) is 1. The van der Waals surface area contributed by atoms with Crippen LogP contribution >= 0.6 is 11.8 Å². The fourth-order valence-corrected chi connectivity index (χ4v) is 4.69. The zero-order chi connectivity index (χ0) is 21.3. The Morgan fingerprint density at radius 2 is 1.93 bits per heavy atom. The molecule has 2 aliphatic rings. The molecule has 0 bridgehead atoms. The minimum Gasteiger partial charge on any atom is -0.362 e. The van der Waals surface area contributed by atoms with E-state index in [1.165, 1.54) is 0 Å². The number of amides is 1. The van der Waals surface area contributed by atoms with E-state index >= 15 is 0 Å². The summed E-state index contributed by atoms with van der Waals surface area (Å²) in [6.45, 7) is 4.00. The van der Waals surface area contributed by atoms with Gasteiger partial charge < -0.3 is 10.6 Å². The molecule has 30 heavy (non-hydrogen) atoms. The smallest absolute Gasteiger partial charge is 0.255 e. The molecule has 5 nitrogen and oxygen atoms in total. The van der Waals surface area contributed by atoms with Crippen molar-refractivity contribution in [3.8, 4) is 0 Å². The number of carbonyl (C=O) groups excluding carboxylic acids is 2. The van der Waals surface area contributed by atoms with Crippen molar-refractivity contribution in [3.63, 3.8) is 0 Å².